The van der Waals surface area contributed by atoms with Crippen molar-refractivity contribution in [2.75, 3.05) is 11.1 Å². The lowest BCUT2D eigenvalue weighted by Gasteiger charge is -2.09. The molecule has 5 nitrogen and oxygen atoms in total. The van der Waals surface area contributed by atoms with Crippen molar-refractivity contribution >= 4 is 56.5 Å². The molecule has 4 rings (SSSR count). The fourth-order valence-electron chi connectivity index (χ4n) is 3.26. The number of fused-ring (bicyclic) bond motifs is 3. The van der Waals surface area contributed by atoms with Gasteiger partial charge in [0.15, 0.2) is 5.16 Å². The van der Waals surface area contributed by atoms with E-state index in [1.807, 2.05) is 13.0 Å². The Hall–Kier alpha value is -1.83. The zero-order chi connectivity index (χ0) is 19.0. The van der Waals surface area contributed by atoms with Crippen LogP contribution in [0.4, 0.5) is 5.69 Å². The van der Waals surface area contributed by atoms with Crippen LogP contribution in [-0.2, 0) is 17.6 Å². The molecule has 2 N–H and O–H groups in total. The molecular formula is C19H18ClN3O2S2. The molecule has 2 aromatic heterocycles. The van der Waals surface area contributed by atoms with Gasteiger partial charge in [-0.3, -0.25) is 9.59 Å². The zero-order valence-electron chi connectivity index (χ0n) is 14.7. The van der Waals surface area contributed by atoms with E-state index >= 15 is 0 Å². The molecule has 0 aliphatic heterocycles. The highest BCUT2D eigenvalue weighted by Crippen LogP contribution is 2.34. The summed E-state index contributed by atoms with van der Waals surface area (Å²) in [6.07, 6.45) is 4.27. The van der Waals surface area contributed by atoms with Crippen molar-refractivity contribution in [3.63, 3.8) is 0 Å². The van der Waals surface area contributed by atoms with Gasteiger partial charge in [-0.15, -0.1) is 11.3 Å². The first-order valence-corrected chi connectivity index (χ1v) is 10.9. The third kappa shape index (κ3) is 3.90. The molecule has 0 fully saturated rings. The van der Waals surface area contributed by atoms with Crippen LogP contribution >= 0.6 is 34.7 Å². The number of carbonyl (C=O) groups is 1. The molecular weight excluding hydrogens is 402 g/mol. The standard InChI is InChI=1S/C19H18ClN3O2S2/c1-10-6-7-11(20)8-13(10)21-15(24)9-26-19-22-17(25)16-12-4-2-3-5-14(12)27-18(16)23-19/h6-8H,2-5,9H2,1H3,(H,21,24)(H,22,23,25). The Kier molecular flexibility index (Phi) is 5.25. The lowest BCUT2D eigenvalue weighted by Crippen LogP contribution is -2.16. The number of benzene rings is 1. The van der Waals surface area contributed by atoms with E-state index in [1.165, 1.54) is 28.6 Å². The number of carbonyl (C=O) groups excluding carboxylic acids is 1. The van der Waals surface area contributed by atoms with Gasteiger partial charge in [-0.25, -0.2) is 4.98 Å². The predicted octanol–water partition coefficient (Wildman–Crippen LogP) is 4.56. The van der Waals surface area contributed by atoms with Crippen molar-refractivity contribution in [3.8, 4) is 0 Å². The molecule has 1 aliphatic carbocycles. The van der Waals surface area contributed by atoms with E-state index in [0.29, 0.717) is 15.9 Å². The Morgan fingerprint density at radius 3 is 3.04 bits per heavy atom. The number of thioether (sulfide) groups is 1. The summed E-state index contributed by atoms with van der Waals surface area (Å²) in [5.74, 6) is -0.00975. The van der Waals surface area contributed by atoms with Gasteiger partial charge in [-0.05, 0) is 55.9 Å². The van der Waals surface area contributed by atoms with Crippen molar-refractivity contribution in [3.05, 3.63) is 49.6 Å². The monoisotopic (exact) mass is 419 g/mol. The second-order valence-electron chi connectivity index (χ2n) is 6.56. The number of anilines is 1. The molecule has 0 radical (unpaired) electrons. The molecule has 1 aromatic carbocycles. The summed E-state index contributed by atoms with van der Waals surface area (Å²) in [4.78, 5) is 34.3. The average molecular weight is 420 g/mol. The minimum atomic E-state index is -0.168. The van der Waals surface area contributed by atoms with Crippen LogP contribution in [0.1, 0.15) is 28.8 Å². The van der Waals surface area contributed by atoms with Gasteiger partial charge in [0.1, 0.15) is 4.83 Å². The average Bonchev–Trinajstić information content (AvgIpc) is 3.02. The Labute approximate surface area is 169 Å². The minimum absolute atomic E-state index is 0.104. The number of amides is 1. The molecule has 1 aliphatic rings. The van der Waals surface area contributed by atoms with E-state index in [4.69, 9.17) is 11.6 Å². The molecule has 3 aromatic rings. The van der Waals surface area contributed by atoms with Crippen LogP contribution in [0.15, 0.2) is 28.2 Å². The van der Waals surface area contributed by atoms with Gasteiger partial charge in [0, 0.05) is 15.6 Å². The molecule has 0 saturated heterocycles. The number of nitrogens with one attached hydrogen (secondary N) is 2. The predicted molar refractivity (Wildman–Crippen MR) is 112 cm³/mol. The Morgan fingerprint density at radius 2 is 2.19 bits per heavy atom. The second-order valence-corrected chi connectivity index (χ2v) is 9.04. The maximum Gasteiger partial charge on any atom is 0.260 e. The number of H-pyrrole nitrogens is 1. The van der Waals surface area contributed by atoms with Crippen LogP contribution in [-0.4, -0.2) is 21.6 Å². The Morgan fingerprint density at radius 1 is 1.37 bits per heavy atom. The zero-order valence-corrected chi connectivity index (χ0v) is 17.1. The maximum atomic E-state index is 12.5. The van der Waals surface area contributed by atoms with Crippen molar-refractivity contribution in [2.45, 2.75) is 37.8 Å². The lowest BCUT2D eigenvalue weighted by molar-refractivity contribution is -0.113. The molecule has 140 valence electrons. The number of hydrogen-bond acceptors (Lipinski definition) is 5. The van der Waals surface area contributed by atoms with Gasteiger partial charge in [-0.1, -0.05) is 29.4 Å². The highest BCUT2D eigenvalue weighted by molar-refractivity contribution is 7.99. The SMILES string of the molecule is Cc1ccc(Cl)cc1NC(=O)CSc1nc2sc3c(c2c(=O)[nH]1)CCCC3. The summed E-state index contributed by atoms with van der Waals surface area (Å²) < 4.78 is 0. The number of halogens is 1. The van der Waals surface area contributed by atoms with E-state index in [-0.39, 0.29) is 17.2 Å². The Balaban J connectivity index is 1.49. The van der Waals surface area contributed by atoms with Crippen molar-refractivity contribution in [2.24, 2.45) is 0 Å². The summed E-state index contributed by atoms with van der Waals surface area (Å²) in [5.41, 5.74) is 2.69. The number of rotatable bonds is 4. The number of thiophene rings is 1. The molecule has 0 unspecified atom stereocenters. The van der Waals surface area contributed by atoms with Crippen LogP contribution in [0.25, 0.3) is 10.2 Å². The quantitative estimate of drug-likeness (QED) is 0.480. The summed E-state index contributed by atoms with van der Waals surface area (Å²) >= 11 is 8.82. The molecule has 8 heteroatoms. The molecule has 0 atom stereocenters. The second kappa shape index (κ2) is 7.66. The first-order valence-electron chi connectivity index (χ1n) is 8.74. The number of aromatic nitrogens is 2. The van der Waals surface area contributed by atoms with Gasteiger partial charge >= 0.3 is 0 Å². The maximum absolute atomic E-state index is 12.5. The first kappa shape index (κ1) is 18.5. The lowest BCUT2D eigenvalue weighted by atomic mass is 9.97. The highest BCUT2D eigenvalue weighted by Gasteiger charge is 2.20. The number of hydrogen-bond donors (Lipinski definition) is 2. The molecule has 1 amide bonds. The van der Waals surface area contributed by atoms with Gasteiger partial charge in [0.05, 0.1) is 11.1 Å². The van der Waals surface area contributed by atoms with Crippen LogP contribution in [0, 0.1) is 6.92 Å². The third-order valence-electron chi connectivity index (χ3n) is 4.62. The van der Waals surface area contributed by atoms with Crippen molar-refractivity contribution in [1.82, 2.24) is 9.97 Å². The molecule has 0 bridgehead atoms. The van der Waals surface area contributed by atoms with Crippen LogP contribution in [0.2, 0.25) is 5.02 Å². The molecule has 2 heterocycles. The minimum Gasteiger partial charge on any atom is -0.325 e. The molecule has 0 saturated carbocycles. The Bertz CT molecular complexity index is 1090. The third-order valence-corrected chi connectivity index (χ3v) is 6.91. The van der Waals surface area contributed by atoms with Gasteiger partial charge < -0.3 is 10.3 Å². The summed E-state index contributed by atoms with van der Waals surface area (Å²) in [6.45, 7) is 1.91. The molecule has 0 spiro atoms. The fraction of sp³-hybridized carbons (Fsp3) is 0.316. The number of aryl methyl sites for hydroxylation is 3. The first-order chi connectivity index (χ1) is 13.0. The van der Waals surface area contributed by atoms with Gasteiger partial charge in [-0.2, -0.15) is 0 Å². The number of aromatic amines is 1. The topological polar surface area (TPSA) is 74.8 Å². The van der Waals surface area contributed by atoms with E-state index in [2.05, 4.69) is 15.3 Å². The van der Waals surface area contributed by atoms with E-state index in [9.17, 15) is 9.59 Å². The molecule has 27 heavy (non-hydrogen) atoms. The van der Waals surface area contributed by atoms with E-state index in [1.54, 1.807) is 23.5 Å². The van der Waals surface area contributed by atoms with Crippen LogP contribution in [0.5, 0.6) is 0 Å². The smallest absolute Gasteiger partial charge is 0.260 e. The van der Waals surface area contributed by atoms with Crippen LogP contribution in [0.3, 0.4) is 0 Å². The van der Waals surface area contributed by atoms with Gasteiger partial charge in [0.25, 0.3) is 5.56 Å². The van der Waals surface area contributed by atoms with Crippen molar-refractivity contribution in [1.29, 1.82) is 0 Å². The summed E-state index contributed by atoms with van der Waals surface area (Å²) in [7, 11) is 0. The van der Waals surface area contributed by atoms with Gasteiger partial charge in [0.2, 0.25) is 5.91 Å². The number of nitrogens with zero attached hydrogens (tertiary/aromatic N) is 1. The van der Waals surface area contributed by atoms with Crippen molar-refractivity contribution < 1.29 is 4.79 Å². The normalized spacial score (nSPS) is 13.6. The van der Waals surface area contributed by atoms with Crippen LogP contribution < -0.4 is 10.9 Å². The summed E-state index contributed by atoms with van der Waals surface area (Å²) in [6, 6.07) is 5.37. The van der Waals surface area contributed by atoms with E-state index in [0.717, 1.165) is 35.0 Å². The fourth-order valence-corrected chi connectivity index (χ4v) is 5.41. The van der Waals surface area contributed by atoms with E-state index < -0.39 is 0 Å². The highest BCUT2D eigenvalue weighted by atomic mass is 35.5. The largest absolute Gasteiger partial charge is 0.325 e. The summed E-state index contributed by atoms with van der Waals surface area (Å²) in [5, 5.41) is 4.63.